The van der Waals surface area contributed by atoms with Crippen LogP contribution in [0.4, 0.5) is 0 Å². The lowest BCUT2D eigenvalue weighted by atomic mass is 10.0. The van der Waals surface area contributed by atoms with E-state index >= 15 is 0 Å². The maximum absolute atomic E-state index is 12.9. The molecular weight excluding hydrogens is 420 g/mol. The van der Waals surface area contributed by atoms with Crippen molar-refractivity contribution in [2.24, 2.45) is 0 Å². The van der Waals surface area contributed by atoms with Crippen LogP contribution in [0.3, 0.4) is 0 Å². The van der Waals surface area contributed by atoms with Crippen LogP contribution in [0.1, 0.15) is 37.8 Å². The summed E-state index contributed by atoms with van der Waals surface area (Å²) >= 11 is 0. The van der Waals surface area contributed by atoms with E-state index in [1.165, 1.54) is 10.8 Å². The van der Waals surface area contributed by atoms with Gasteiger partial charge in [0.2, 0.25) is 5.91 Å². The van der Waals surface area contributed by atoms with Crippen molar-refractivity contribution in [3.8, 4) is 5.75 Å². The molecule has 0 aliphatic carbocycles. The van der Waals surface area contributed by atoms with Crippen molar-refractivity contribution < 1.29 is 14.3 Å². The third-order valence-electron chi connectivity index (χ3n) is 5.90. The maximum atomic E-state index is 12.9. The van der Waals surface area contributed by atoms with Crippen LogP contribution in [0.15, 0.2) is 59.5 Å². The molecule has 1 atom stereocenters. The molecule has 33 heavy (non-hydrogen) atoms. The monoisotopic (exact) mass is 448 g/mol. The summed E-state index contributed by atoms with van der Waals surface area (Å²) in [5.41, 5.74) is 1.73. The molecule has 0 radical (unpaired) electrons. The molecule has 1 saturated heterocycles. The van der Waals surface area contributed by atoms with E-state index in [4.69, 9.17) is 4.74 Å². The standard InChI is InChI=1S/C25H28N4O4/c1-2-19(18-9-3-6-12-22(18)33-17-25(32)28-13-7-8-14-28)27-23(30)16-29-21-11-5-4-10-20(21)26-15-24(29)31/h3-6,9-12,15,19H,2,7-8,13-14,16-17H2,1H3,(H,27,30). The van der Waals surface area contributed by atoms with E-state index in [-0.39, 0.29) is 36.6 Å². The van der Waals surface area contributed by atoms with Gasteiger partial charge in [0, 0.05) is 18.7 Å². The number of rotatable bonds is 8. The Labute approximate surface area is 192 Å². The summed E-state index contributed by atoms with van der Waals surface area (Å²) in [5.74, 6) is 0.260. The molecule has 1 aliphatic heterocycles. The van der Waals surface area contributed by atoms with Crippen molar-refractivity contribution in [3.05, 3.63) is 70.6 Å². The van der Waals surface area contributed by atoms with E-state index in [2.05, 4.69) is 10.3 Å². The van der Waals surface area contributed by atoms with E-state index in [9.17, 15) is 14.4 Å². The second-order valence-electron chi connectivity index (χ2n) is 8.11. The number of para-hydroxylation sites is 3. The van der Waals surface area contributed by atoms with Crippen molar-refractivity contribution in [2.45, 2.75) is 38.8 Å². The zero-order chi connectivity index (χ0) is 23.2. The minimum atomic E-state index is -0.332. The van der Waals surface area contributed by atoms with Crippen molar-refractivity contribution in [2.75, 3.05) is 19.7 Å². The Hall–Kier alpha value is -3.68. The van der Waals surface area contributed by atoms with Crippen molar-refractivity contribution in [1.82, 2.24) is 19.8 Å². The molecule has 1 aliphatic rings. The fraction of sp³-hybridized carbons (Fsp3) is 0.360. The fourth-order valence-corrected chi connectivity index (χ4v) is 4.16. The maximum Gasteiger partial charge on any atom is 0.269 e. The van der Waals surface area contributed by atoms with Gasteiger partial charge in [-0.15, -0.1) is 0 Å². The lowest BCUT2D eigenvalue weighted by molar-refractivity contribution is -0.132. The lowest BCUT2D eigenvalue weighted by Gasteiger charge is -2.22. The first kappa shape index (κ1) is 22.5. The van der Waals surface area contributed by atoms with Gasteiger partial charge in [0.25, 0.3) is 11.5 Å². The molecule has 0 saturated carbocycles. The van der Waals surface area contributed by atoms with E-state index in [0.29, 0.717) is 23.2 Å². The van der Waals surface area contributed by atoms with Crippen molar-refractivity contribution in [3.63, 3.8) is 0 Å². The highest BCUT2D eigenvalue weighted by molar-refractivity contribution is 5.80. The Kier molecular flexibility index (Phi) is 7.02. The third kappa shape index (κ3) is 5.22. The molecule has 2 aromatic carbocycles. The number of hydrogen-bond donors (Lipinski definition) is 1. The Morgan fingerprint density at radius 3 is 2.61 bits per heavy atom. The zero-order valence-electron chi connectivity index (χ0n) is 18.7. The summed E-state index contributed by atoms with van der Waals surface area (Å²) in [7, 11) is 0. The van der Waals surface area contributed by atoms with Crippen LogP contribution in [-0.2, 0) is 16.1 Å². The third-order valence-corrected chi connectivity index (χ3v) is 5.90. The molecular formula is C25H28N4O4. The molecule has 3 aromatic rings. The Morgan fingerprint density at radius 1 is 1.09 bits per heavy atom. The van der Waals surface area contributed by atoms with Crippen LogP contribution in [-0.4, -0.2) is 46.0 Å². The normalized spacial score (nSPS) is 14.3. The number of nitrogens with one attached hydrogen (secondary N) is 1. The summed E-state index contributed by atoms with van der Waals surface area (Å²) in [5, 5.41) is 3.01. The first-order valence-electron chi connectivity index (χ1n) is 11.3. The van der Waals surface area contributed by atoms with Crippen molar-refractivity contribution >= 4 is 22.8 Å². The minimum Gasteiger partial charge on any atom is -0.483 e. The van der Waals surface area contributed by atoms with Gasteiger partial charge < -0.3 is 15.0 Å². The van der Waals surface area contributed by atoms with Crippen LogP contribution in [0.2, 0.25) is 0 Å². The number of likely N-dealkylation sites (tertiary alicyclic amines) is 1. The largest absolute Gasteiger partial charge is 0.483 e. The van der Waals surface area contributed by atoms with Gasteiger partial charge >= 0.3 is 0 Å². The Bertz CT molecular complexity index is 1200. The Morgan fingerprint density at radius 2 is 1.82 bits per heavy atom. The Balaban J connectivity index is 1.47. The van der Waals surface area contributed by atoms with Crippen LogP contribution in [0.5, 0.6) is 5.75 Å². The number of ether oxygens (including phenoxy) is 1. The highest BCUT2D eigenvalue weighted by atomic mass is 16.5. The first-order chi connectivity index (χ1) is 16.1. The van der Waals surface area contributed by atoms with Gasteiger partial charge in [-0.1, -0.05) is 37.3 Å². The smallest absolute Gasteiger partial charge is 0.269 e. The lowest BCUT2D eigenvalue weighted by Crippen LogP contribution is -2.35. The second kappa shape index (κ2) is 10.3. The van der Waals surface area contributed by atoms with Gasteiger partial charge in [-0.05, 0) is 37.5 Å². The molecule has 8 nitrogen and oxygen atoms in total. The van der Waals surface area contributed by atoms with E-state index in [1.807, 2.05) is 48.2 Å². The van der Waals surface area contributed by atoms with Gasteiger partial charge in [0.15, 0.2) is 6.61 Å². The number of nitrogens with zero attached hydrogens (tertiary/aromatic N) is 3. The molecule has 172 valence electrons. The molecule has 8 heteroatoms. The number of benzene rings is 2. The molecule has 2 amide bonds. The SMILES string of the molecule is CCC(NC(=O)Cn1c(=O)cnc2ccccc21)c1ccccc1OCC(=O)N1CCCC1. The van der Waals surface area contributed by atoms with Crippen LogP contribution < -0.4 is 15.6 Å². The summed E-state index contributed by atoms with van der Waals surface area (Å²) in [4.78, 5) is 43.6. The number of amides is 2. The average molecular weight is 449 g/mol. The topological polar surface area (TPSA) is 93.5 Å². The second-order valence-corrected chi connectivity index (χ2v) is 8.11. The molecule has 1 fully saturated rings. The number of fused-ring (bicyclic) bond motifs is 1. The average Bonchev–Trinajstić information content (AvgIpc) is 3.38. The summed E-state index contributed by atoms with van der Waals surface area (Å²) in [6.45, 7) is 3.38. The predicted molar refractivity (Wildman–Crippen MR) is 125 cm³/mol. The number of aromatic nitrogens is 2. The molecule has 4 rings (SSSR count). The van der Waals surface area contributed by atoms with Crippen LogP contribution in [0.25, 0.3) is 11.0 Å². The van der Waals surface area contributed by atoms with Gasteiger partial charge in [-0.2, -0.15) is 0 Å². The van der Waals surface area contributed by atoms with Gasteiger partial charge in [-0.25, -0.2) is 4.98 Å². The number of carbonyl (C=O) groups is 2. The molecule has 0 bridgehead atoms. The first-order valence-corrected chi connectivity index (χ1v) is 11.3. The van der Waals surface area contributed by atoms with Crippen molar-refractivity contribution in [1.29, 1.82) is 0 Å². The molecule has 2 heterocycles. The quantitative estimate of drug-likeness (QED) is 0.572. The van der Waals surface area contributed by atoms with E-state index in [1.54, 1.807) is 12.1 Å². The highest BCUT2D eigenvalue weighted by Gasteiger charge is 2.21. The molecule has 1 unspecified atom stereocenters. The summed E-state index contributed by atoms with van der Waals surface area (Å²) < 4.78 is 7.28. The fourth-order valence-electron chi connectivity index (χ4n) is 4.16. The van der Waals surface area contributed by atoms with Crippen LogP contribution >= 0.6 is 0 Å². The van der Waals surface area contributed by atoms with Gasteiger partial charge in [-0.3, -0.25) is 19.0 Å². The summed E-state index contributed by atoms with van der Waals surface area (Å²) in [6, 6.07) is 14.3. The molecule has 1 N–H and O–H groups in total. The van der Waals surface area contributed by atoms with E-state index in [0.717, 1.165) is 31.5 Å². The molecule has 0 spiro atoms. The number of hydrogen-bond acceptors (Lipinski definition) is 5. The summed E-state index contributed by atoms with van der Waals surface area (Å²) in [6.07, 6.45) is 3.91. The van der Waals surface area contributed by atoms with Gasteiger partial charge in [0.1, 0.15) is 12.3 Å². The number of carbonyl (C=O) groups excluding carboxylic acids is 2. The zero-order valence-corrected chi connectivity index (χ0v) is 18.7. The highest BCUT2D eigenvalue weighted by Crippen LogP contribution is 2.27. The predicted octanol–water partition coefficient (Wildman–Crippen LogP) is 2.67. The van der Waals surface area contributed by atoms with Gasteiger partial charge in [0.05, 0.1) is 23.3 Å². The van der Waals surface area contributed by atoms with E-state index < -0.39 is 0 Å². The van der Waals surface area contributed by atoms with Crippen LogP contribution in [0, 0.1) is 0 Å². The molecule has 1 aromatic heterocycles. The minimum absolute atomic E-state index is 0.0247.